The summed E-state index contributed by atoms with van der Waals surface area (Å²) < 4.78 is 5.48. The number of halogens is 2. The maximum Gasteiger partial charge on any atom is 0.267 e. The second kappa shape index (κ2) is 11.4. The van der Waals surface area contributed by atoms with Crippen molar-refractivity contribution in [1.29, 1.82) is 0 Å². The highest BCUT2D eigenvalue weighted by atomic mass is 35.5. The molecule has 0 bridgehead atoms. The van der Waals surface area contributed by atoms with Crippen molar-refractivity contribution in [3.8, 4) is 5.75 Å². The molecule has 2 N–H and O–H groups in total. The molecule has 1 aliphatic heterocycles. The van der Waals surface area contributed by atoms with Crippen molar-refractivity contribution in [2.45, 2.75) is 19.0 Å². The van der Waals surface area contributed by atoms with E-state index in [0.717, 1.165) is 11.3 Å². The van der Waals surface area contributed by atoms with Crippen molar-refractivity contribution in [2.24, 2.45) is 0 Å². The van der Waals surface area contributed by atoms with Gasteiger partial charge in [-0.05, 0) is 35.9 Å². The summed E-state index contributed by atoms with van der Waals surface area (Å²) in [5, 5.41) is 13.3. The van der Waals surface area contributed by atoms with Gasteiger partial charge >= 0.3 is 0 Å². The minimum absolute atomic E-state index is 0.0572. The van der Waals surface area contributed by atoms with Crippen LogP contribution in [-0.4, -0.2) is 51.0 Å². The Morgan fingerprint density at radius 1 is 1.18 bits per heavy atom. The minimum Gasteiger partial charge on any atom is -0.495 e. The van der Waals surface area contributed by atoms with E-state index in [-0.39, 0.29) is 41.2 Å². The lowest BCUT2D eigenvalue weighted by Gasteiger charge is -2.28. The van der Waals surface area contributed by atoms with Crippen LogP contribution >= 0.6 is 34.5 Å². The van der Waals surface area contributed by atoms with Crippen LogP contribution in [-0.2, 0) is 17.8 Å². The van der Waals surface area contributed by atoms with E-state index in [4.69, 9.17) is 27.9 Å². The van der Waals surface area contributed by atoms with E-state index in [1.807, 2.05) is 6.07 Å². The summed E-state index contributed by atoms with van der Waals surface area (Å²) in [6.07, 6.45) is 3.25. The Kier molecular flexibility index (Phi) is 7.73. The van der Waals surface area contributed by atoms with Gasteiger partial charge in [0.15, 0.2) is 5.82 Å². The predicted molar refractivity (Wildman–Crippen MR) is 148 cm³/mol. The number of fused-ring (bicyclic) bond motifs is 1. The molecule has 1 atom stereocenters. The summed E-state index contributed by atoms with van der Waals surface area (Å²) in [4.78, 5) is 45.9. The first-order valence-electron chi connectivity index (χ1n) is 11.6. The number of thiophene rings is 1. The number of ether oxygens (including phenoxy) is 1. The highest BCUT2D eigenvalue weighted by Crippen LogP contribution is 2.35. The average Bonchev–Trinajstić information content (AvgIpc) is 3.27. The SMILES string of the molecule is COc1cnnc(NC(=O)c2ccc(CN3C(=O)c4sc(Cl)cc4NC(=O)C3Cc3ccccn3)cc2Cl)c1. The van der Waals surface area contributed by atoms with E-state index in [2.05, 4.69) is 25.8 Å². The first-order chi connectivity index (χ1) is 18.8. The van der Waals surface area contributed by atoms with Gasteiger partial charge in [-0.2, -0.15) is 5.10 Å². The molecule has 0 spiro atoms. The largest absolute Gasteiger partial charge is 0.495 e. The second-order valence-electron chi connectivity index (χ2n) is 8.51. The lowest BCUT2D eigenvalue weighted by atomic mass is 10.1. The third-order valence-corrected chi connectivity index (χ3v) is 7.53. The van der Waals surface area contributed by atoms with Crippen LogP contribution in [0.5, 0.6) is 5.75 Å². The Bertz CT molecular complexity index is 1570. The Morgan fingerprint density at radius 2 is 2.03 bits per heavy atom. The number of benzene rings is 1. The van der Waals surface area contributed by atoms with Gasteiger partial charge in [0, 0.05) is 30.9 Å². The number of hydrogen-bond acceptors (Lipinski definition) is 8. The summed E-state index contributed by atoms with van der Waals surface area (Å²) in [6, 6.07) is 12.4. The smallest absolute Gasteiger partial charge is 0.267 e. The normalized spacial score (nSPS) is 14.8. The number of rotatable bonds is 7. The summed E-state index contributed by atoms with van der Waals surface area (Å²) in [6.45, 7) is 0.0572. The third-order valence-electron chi connectivity index (χ3n) is 5.96. The molecule has 0 radical (unpaired) electrons. The number of pyridine rings is 1. The molecule has 0 saturated heterocycles. The van der Waals surface area contributed by atoms with Crippen LogP contribution in [0.4, 0.5) is 11.5 Å². The third kappa shape index (κ3) is 5.85. The summed E-state index contributed by atoms with van der Waals surface area (Å²) >= 11 is 13.7. The number of aromatic nitrogens is 3. The zero-order valence-electron chi connectivity index (χ0n) is 20.4. The van der Waals surface area contributed by atoms with Gasteiger partial charge < -0.3 is 20.3 Å². The first-order valence-corrected chi connectivity index (χ1v) is 13.2. The summed E-state index contributed by atoms with van der Waals surface area (Å²) in [5.74, 6) is -0.573. The van der Waals surface area contributed by atoms with Crippen molar-refractivity contribution in [1.82, 2.24) is 20.1 Å². The van der Waals surface area contributed by atoms with Gasteiger partial charge in [-0.3, -0.25) is 19.4 Å². The van der Waals surface area contributed by atoms with E-state index in [1.165, 1.54) is 24.3 Å². The Morgan fingerprint density at radius 3 is 2.77 bits per heavy atom. The molecule has 3 aromatic heterocycles. The van der Waals surface area contributed by atoms with Crippen LogP contribution in [0, 0.1) is 0 Å². The standard InChI is InChI=1S/C26H20Cl2N6O4S/c1-38-16-10-22(33-30-12-16)32-24(35)17-6-5-14(8-18(17)27)13-34-20(9-15-4-2-3-7-29-15)25(36)31-19-11-21(28)39-23(19)26(34)37/h2-8,10-12,20H,9,13H2,1H3,(H,31,36)(H,32,33,35). The minimum atomic E-state index is -0.848. The molecule has 198 valence electrons. The zero-order chi connectivity index (χ0) is 27.5. The van der Waals surface area contributed by atoms with Crippen LogP contribution in [0.15, 0.2) is 60.9 Å². The summed E-state index contributed by atoms with van der Waals surface area (Å²) in [7, 11) is 1.48. The molecule has 0 aliphatic carbocycles. The van der Waals surface area contributed by atoms with Crippen LogP contribution < -0.4 is 15.4 Å². The van der Waals surface area contributed by atoms with E-state index in [0.29, 0.717) is 31.9 Å². The second-order valence-corrected chi connectivity index (χ2v) is 10.6. The topological polar surface area (TPSA) is 126 Å². The fourth-order valence-electron chi connectivity index (χ4n) is 4.09. The number of methoxy groups -OCH3 is 1. The molecular weight excluding hydrogens is 563 g/mol. The van der Waals surface area contributed by atoms with Crippen LogP contribution in [0.2, 0.25) is 9.36 Å². The van der Waals surface area contributed by atoms with Crippen molar-refractivity contribution in [3.63, 3.8) is 0 Å². The van der Waals surface area contributed by atoms with E-state index < -0.39 is 11.9 Å². The van der Waals surface area contributed by atoms with Crippen LogP contribution in [0.25, 0.3) is 0 Å². The molecule has 13 heteroatoms. The maximum atomic E-state index is 13.7. The van der Waals surface area contributed by atoms with E-state index in [9.17, 15) is 14.4 Å². The molecule has 0 fully saturated rings. The van der Waals surface area contributed by atoms with Gasteiger partial charge in [0.2, 0.25) is 5.91 Å². The zero-order valence-corrected chi connectivity index (χ0v) is 22.7. The molecule has 0 saturated carbocycles. The molecule has 5 rings (SSSR count). The molecule has 1 unspecified atom stereocenters. The van der Waals surface area contributed by atoms with Gasteiger partial charge in [-0.25, -0.2) is 0 Å². The lowest BCUT2D eigenvalue weighted by Crippen LogP contribution is -2.46. The molecule has 4 aromatic rings. The number of amides is 3. The Balaban J connectivity index is 1.42. The maximum absolute atomic E-state index is 13.7. The van der Waals surface area contributed by atoms with Gasteiger partial charge in [0.1, 0.15) is 16.7 Å². The van der Waals surface area contributed by atoms with Crippen molar-refractivity contribution in [2.75, 3.05) is 17.7 Å². The van der Waals surface area contributed by atoms with Crippen molar-refractivity contribution in [3.05, 3.63) is 92.0 Å². The molecule has 1 aliphatic rings. The Labute approximate surface area is 236 Å². The first kappa shape index (κ1) is 26.5. The fourth-order valence-corrected chi connectivity index (χ4v) is 5.51. The number of hydrogen-bond donors (Lipinski definition) is 2. The van der Waals surface area contributed by atoms with Crippen molar-refractivity contribution >= 4 is 63.8 Å². The van der Waals surface area contributed by atoms with Gasteiger partial charge in [0.05, 0.1) is 33.9 Å². The van der Waals surface area contributed by atoms with Crippen LogP contribution in [0.3, 0.4) is 0 Å². The average molecular weight is 583 g/mol. The van der Waals surface area contributed by atoms with Gasteiger partial charge in [-0.15, -0.1) is 16.4 Å². The fraction of sp³-hybridized carbons (Fsp3) is 0.154. The van der Waals surface area contributed by atoms with Crippen molar-refractivity contribution < 1.29 is 19.1 Å². The quantitative estimate of drug-likeness (QED) is 0.323. The molecule has 3 amide bonds. The monoisotopic (exact) mass is 582 g/mol. The highest BCUT2D eigenvalue weighted by Gasteiger charge is 2.37. The van der Waals surface area contributed by atoms with E-state index >= 15 is 0 Å². The van der Waals surface area contributed by atoms with Gasteiger partial charge in [-0.1, -0.05) is 35.3 Å². The predicted octanol–water partition coefficient (Wildman–Crippen LogP) is 4.71. The number of carbonyl (C=O) groups excluding carboxylic acids is 3. The highest BCUT2D eigenvalue weighted by molar-refractivity contribution is 7.18. The molecule has 39 heavy (non-hydrogen) atoms. The molecular formula is C26H20Cl2N6O4S. The number of carbonyl (C=O) groups is 3. The molecule has 10 nitrogen and oxygen atoms in total. The Hall–Kier alpha value is -4.06. The number of nitrogens with one attached hydrogen (secondary N) is 2. The lowest BCUT2D eigenvalue weighted by molar-refractivity contribution is -0.120. The molecule has 4 heterocycles. The number of anilines is 2. The van der Waals surface area contributed by atoms with Gasteiger partial charge in [0.25, 0.3) is 11.8 Å². The summed E-state index contributed by atoms with van der Waals surface area (Å²) in [5.41, 5.74) is 1.85. The molecule has 1 aromatic carbocycles. The van der Waals surface area contributed by atoms with Crippen LogP contribution in [0.1, 0.15) is 31.3 Å². The number of nitrogens with zero attached hydrogens (tertiary/aromatic N) is 4. The van der Waals surface area contributed by atoms with E-state index in [1.54, 1.807) is 42.6 Å².